The van der Waals surface area contributed by atoms with Crippen molar-refractivity contribution in [3.05, 3.63) is 35.4 Å². The molecule has 3 heteroatoms. The second kappa shape index (κ2) is 4.97. The van der Waals surface area contributed by atoms with Gasteiger partial charge in [0.15, 0.2) is 0 Å². The fraction of sp³-hybridized carbons (Fsp3) is 0.562. The molecule has 0 spiro atoms. The monoisotopic (exact) mass is 258 g/mol. The van der Waals surface area contributed by atoms with Gasteiger partial charge in [0.2, 0.25) is 0 Å². The van der Waals surface area contributed by atoms with E-state index in [0.717, 1.165) is 37.1 Å². The van der Waals surface area contributed by atoms with Gasteiger partial charge in [-0.25, -0.2) is 0 Å². The third-order valence-corrected chi connectivity index (χ3v) is 4.64. The Morgan fingerprint density at radius 2 is 2.16 bits per heavy atom. The summed E-state index contributed by atoms with van der Waals surface area (Å²) in [5.41, 5.74) is 2.05. The van der Waals surface area contributed by atoms with Crippen molar-refractivity contribution in [1.29, 1.82) is 0 Å². The van der Waals surface area contributed by atoms with Crippen LogP contribution in [0.5, 0.6) is 0 Å². The lowest BCUT2D eigenvalue weighted by atomic mass is 10.0. The van der Waals surface area contributed by atoms with E-state index in [0.29, 0.717) is 18.0 Å². The molecule has 3 nitrogen and oxygen atoms in total. The Morgan fingerprint density at radius 1 is 1.37 bits per heavy atom. The molecule has 3 atom stereocenters. The lowest BCUT2D eigenvalue weighted by Gasteiger charge is -2.28. The first-order valence-corrected chi connectivity index (χ1v) is 7.33. The highest BCUT2D eigenvalue weighted by atomic mass is 16.2. The number of nitrogens with one attached hydrogen (secondary N) is 1. The molecule has 102 valence electrons. The summed E-state index contributed by atoms with van der Waals surface area (Å²) in [4.78, 5) is 15.0. The number of hydrogen-bond acceptors (Lipinski definition) is 2. The Hall–Kier alpha value is -1.35. The van der Waals surface area contributed by atoms with Gasteiger partial charge in [-0.3, -0.25) is 4.79 Å². The molecule has 0 aliphatic carbocycles. The van der Waals surface area contributed by atoms with Gasteiger partial charge in [-0.15, -0.1) is 0 Å². The highest BCUT2D eigenvalue weighted by Gasteiger charge is 2.44. The molecule has 1 N–H and O–H groups in total. The van der Waals surface area contributed by atoms with Crippen LogP contribution in [0.4, 0.5) is 0 Å². The minimum atomic E-state index is 0.223. The lowest BCUT2D eigenvalue weighted by molar-refractivity contribution is 0.0681. The normalized spacial score (nSPS) is 29.6. The molecular formula is C16H22N2O. The number of aryl methyl sites for hydroxylation is 1. The molecule has 2 aliphatic heterocycles. The van der Waals surface area contributed by atoms with Crippen molar-refractivity contribution < 1.29 is 4.79 Å². The van der Waals surface area contributed by atoms with Gasteiger partial charge in [-0.1, -0.05) is 25.1 Å². The fourth-order valence-corrected chi connectivity index (χ4v) is 3.69. The van der Waals surface area contributed by atoms with Crippen LogP contribution in [0.25, 0.3) is 0 Å². The molecule has 1 amide bonds. The molecule has 3 rings (SSSR count). The van der Waals surface area contributed by atoms with Gasteiger partial charge in [-0.2, -0.15) is 0 Å². The van der Waals surface area contributed by atoms with E-state index < -0.39 is 0 Å². The summed E-state index contributed by atoms with van der Waals surface area (Å²) in [6.07, 6.45) is 2.05. The van der Waals surface area contributed by atoms with Crippen molar-refractivity contribution in [3.8, 4) is 0 Å². The van der Waals surface area contributed by atoms with Crippen LogP contribution in [0.15, 0.2) is 24.3 Å². The van der Waals surface area contributed by atoms with Crippen molar-refractivity contribution in [1.82, 2.24) is 10.2 Å². The van der Waals surface area contributed by atoms with Crippen molar-refractivity contribution in [2.45, 2.75) is 38.8 Å². The maximum absolute atomic E-state index is 12.9. The fourth-order valence-electron chi connectivity index (χ4n) is 3.69. The Balaban J connectivity index is 1.91. The molecule has 1 aromatic carbocycles. The van der Waals surface area contributed by atoms with Crippen molar-refractivity contribution >= 4 is 5.91 Å². The quantitative estimate of drug-likeness (QED) is 0.881. The molecule has 0 radical (unpaired) electrons. The minimum absolute atomic E-state index is 0.223. The predicted molar refractivity (Wildman–Crippen MR) is 76.2 cm³/mol. The summed E-state index contributed by atoms with van der Waals surface area (Å²) >= 11 is 0. The number of likely N-dealkylation sites (tertiary alicyclic amines) is 1. The Bertz CT molecular complexity index is 485. The number of fused-ring (bicyclic) bond motifs is 1. The maximum atomic E-state index is 12.9. The molecule has 2 aliphatic rings. The van der Waals surface area contributed by atoms with Crippen LogP contribution in [-0.2, 0) is 6.42 Å². The first-order chi connectivity index (χ1) is 9.22. The number of amides is 1. The van der Waals surface area contributed by atoms with Crippen molar-refractivity contribution in [3.63, 3.8) is 0 Å². The van der Waals surface area contributed by atoms with E-state index in [4.69, 9.17) is 0 Å². The van der Waals surface area contributed by atoms with Crippen LogP contribution in [-0.4, -0.2) is 36.0 Å². The van der Waals surface area contributed by atoms with Crippen LogP contribution in [0.3, 0.4) is 0 Å². The molecule has 0 saturated carbocycles. The Labute approximate surface area is 115 Å². The second-order valence-electron chi connectivity index (χ2n) is 5.79. The SMILES string of the molecule is CCc1ccccc1C(=O)N1C(C)CC2CNCC21. The summed E-state index contributed by atoms with van der Waals surface area (Å²) in [5, 5.41) is 3.42. The van der Waals surface area contributed by atoms with Gasteiger partial charge >= 0.3 is 0 Å². The first-order valence-electron chi connectivity index (χ1n) is 7.33. The minimum Gasteiger partial charge on any atom is -0.331 e. The van der Waals surface area contributed by atoms with Crippen LogP contribution < -0.4 is 5.32 Å². The Morgan fingerprint density at radius 3 is 2.95 bits per heavy atom. The van der Waals surface area contributed by atoms with E-state index in [1.54, 1.807) is 0 Å². The summed E-state index contributed by atoms with van der Waals surface area (Å²) in [6, 6.07) is 8.80. The number of rotatable bonds is 2. The molecule has 0 aromatic heterocycles. The Kier molecular flexibility index (Phi) is 3.31. The number of carbonyl (C=O) groups is 1. The van der Waals surface area contributed by atoms with Gasteiger partial charge in [0.1, 0.15) is 0 Å². The largest absolute Gasteiger partial charge is 0.331 e. The van der Waals surface area contributed by atoms with Gasteiger partial charge in [0.05, 0.1) is 0 Å². The smallest absolute Gasteiger partial charge is 0.254 e. The lowest BCUT2D eigenvalue weighted by Crippen LogP contribution is -2.43. The van der Waals surface area contributed by atoms with E-state index >= 15 is 0 Å². The number of hydrogen-bond donors (Lipinski definition) is 1. The van der Waals surface area contributed by atoms with Crippen LogP contribution in [0, 0.1) is 5.92 Å². The second-order valence-corrected chi connectivity index (χ2v) is 5.79. The van der Waals surface area contributed by atoms with E-state index in [2.05, 4.69) is 30.1 Å². The first kappa shape index (κ1) is 12.7. The van der Waals surface area contributed by atoms with Crippen LogP contribution in [0.1, 0.15) is 36.2 Å². The van der Waals surface area contributed by atoms with Crippen LogP contribution in [0.2, 0.25) is 0 Å². The highest BCUT2D eigenvalue weighted by Crippen LogP contribution is 2.33. The number of benzene rings is 1. The molecule has 2 fully saturated rings. The molecule has 2 saturated heterocycles. The summed E-state index contributed by atoms with van der Waals surface area (Å²) in [7, 11) is 0. The third-order valence-electron chi connectivity index (χ3n) is 4.64. The number of nitrogens with zero attached hydrogens (tertiary/aromatic N) is 1. The number of carbonyl (C=O) groups excluding carboxylic acids is 1. The van der Waals surface area contributed by atoms with E-state index in [1.165, 1.54) is 0 Å². The zero-order chi connectivity index (χ0) is 13.4. The zero-order valence-electron chi connectivity index (χ0n) is 11.7. The standard InChI is InChI=1S/C16H22N2O/c1-3-12-6-4-5-7-14(12)16(19)18-11(2)8-13-9-17-10-15(13)18/h4-7,11,13,15,17H,3,8-10H2,1-2H3. The summed E-state index contributed by atoms with van der Waals surface area (Å²) in [6.45, 7) is 6.31. The maximum Gasteiger partial charge on any atom is 0.254 e. The van der Waals surface area contributed by atoms with E-state index in [9.17, 15) is 4.79 Å². The molecule has 1 aromatic rings. The van der Waals surface area contributed by atoms with Gasteiger partial charge in [-0.05, 0) is 37.3 Å². The van der Waals surface area contributed by atoms with Gasteiger partial charge < -0.3 is 10.2 Å². The van der Waals surface area contributed by atoms with E-state index in [1.807, 2.05) is 18.2 Å². The average Bonchev–Trinajstić information content (AvgIpc) is 2.97. The van der Waals surface area contributed by atoms with Gasteiger partial charge in [0.25, 0.3) is 5.91 Å². The molecule has 19 heavy (non-hydrogen) atoms. The molecule has 0 bridgehead atoms. The van der Waals surface area contributed by atoms with Gasteiger partial charge in [0, 0.05) is 30.7 Å². The average molecular weight is 258 g/mol. The highest BCUT2D eigenvalue weighted by molar-refractivity contribution is 5.96. The molecule has 2 heterocycles. The summed E-state index contributed by atoms with van der Waals surface area (Å²) in [5.74, 6) is 0.869. The topological polar surface area (TPSA) is 32.3 Å². The molecule has 3 unspecified atom stereocenters. The van der Waals surface area contributed by atoms with Crippen molar-refractivity contribution in [2.75, 3.05) is 13.1 Å². The van der Waals surface area contributed by atoms with E-state index in [-0.39, 0.29) is 5.91 Å². The summed E-state index contributed by atoms with van der Waals surface area (Å²) < 4.78 is 0. The zero-order valence-corrected chi connectivity index (χ0v) is 11.7. The van der Waals surface area contributed by atoms with Crippen LogP contribution >= 0.6 is 0 Å². The van der Waals surface area contributed by atoms with Crippen molar-refractivity contribution in [2.24, 2.45) is 5.92 Å². The predicted octanol–water partition coefficient (Wildman–Crippen LogP) is 2.07. The third kappa shape index (κ3) is 2.06. The molecular weight excluding hydrogens is 236 g/mol.